The van der Waals surface area contributed by atoms with Crippen molar-refractivity contribution in [3.8, 4) is 0 Å². The van der Waals surface area contributed by atoms with Crippen molar-refractivity contribution in [2.24, 2.45) is 5.92 Å². The van der Waals surface area contributed by atoms with Crippen molar-refractivity contribution in [2.45, 2.75) is 45.6 Å². The molecule has 0 aromatic rings. The van der Waals surface area contributed by atoms with Crippen LogP contribution in [-0.2, 0) is 13.8 Å². The number of rotatable bonds is 11. The third-order valence-corrected chi connectivity index (χ3v) is 3.13. The van der Waals surface area contributed by atoms with Gasteiger partial charge in [-0.2, -0.15) is 0 Å². The van der Waals surface area contributed by atoms with E-state index in [2.05, 4.69) is 18.4 Å². The molecule has 2 atom stereocenters. The Labute approximate surface area is 109 Å². The van der Waals surface area contributed by atoms with Gasteiger partial charge in [-0.3, -0.25) is 4.52 Å². The minimum Gasteiger partial charge on any atom is -0.388 e. The van der Waals surface area contributed by atoms with Crippen LogP contribution in [0, 0.1) is 5.92 Å². The molecule has 2 unspecified atom stereocenters. The summed E-state index contributed by atoms with van der Waals surface area (Å²) in [6.07, 6.45) is 3.42. The molecule has 0 aliphatic carbocycles. The van der Waals surface area contributed by atoms with Crippen LogP contribution in [0.25, 0.3) is 0 Å². The fourth-order valence-corrected chi connectivity index (χ4v) is 1.87. The summed E-state index contributed by atoms with van der Waals surface area (Å²) in [5.41, 5.74) is 0. The second-order valence-corrected chi connectivity index (χ2v) is 5.63. The van der Waals surface area contributed by atoms with Gasteiger partial charge in [0, 0.05) is 6.61 Å². The molecule has 0 aliphatic rings. The topological polar surface area (TPSA) is 96.2 Å². The predicted octanol–water partition coefficient (Wildman–Crippen LogP) is 1.69. The number of hydrogen-bond donors (Lipinski definition) is 3. The van der Waals surface area contributed by atoms with E-state index in [9.17, 15) is 9.67 Å². The molecule has 0 aliphatic heterocycles. The Balaban J connectivity index is 3.65. The Bertz CT molecular complexity index is 242. The summed E-state index contributed by atoms with van der Waals surface area (Å²) in [7, 11) is -4.51. The van der Waals surface area contributed by atoms with E-state index in [1.807, 2.05) is 0 Å². The summed E-state index contributed by atoms with van der Waals surface area (Å²) >= 11 is 0. The summed E-state index contributed by atoms with van der Waals surface area (Å²) in [5.74, 6) is 0.472. The normalized spacial score (nSPS) is 15.6. The molecule has 0 rings (SSSR count). The van der Waals surface area contributed by atoms with Crippen molar-refractivity contribution < 1.29 is 28.7 Å². The Hall–Kier alpha value is 0.0300. The molecule has 0 heterocycles. The van der Waals surface area contributed by atoms with Crippen molar-refractivity contribution in [2.75, 3.05) is 19.8 Å². The molecule has 0 radical (unpaired) electrons. The molecule has 3 N–H and O–H groups in total. The van der Waals surface area contributed by atoms with Gasteiger partial charge >= 0.3 is 7.82 Å². The number of phosphoric acid groups is 1. The van der Waals surface area contributed by atoms with Gasteiger partial charge in [0.25, 0.3) is 0 Å². The molecule has 0 aromatic carbocycles. The van der Waals surface area contributed by atoms with E-state index in [4.69, 9.17) is 14.5 Å². The van der Waals surface area contributed by atoms with Crippen LogP contribution < -0.4 is 0 Å². The highest BCUT2D eigenvalue weighted by Gasteiger charge is 2.17. The summed E-state index contributed by atoms with van der Waals surface area (Å²) in [4.78, 5) is 16.9. The molecular weight excluding hydrogens is 259 g/mol. The van der Waals surface area contributed by atoms with Crippen LogP contribution in [0.2, 0.25) is 0 Å². The molecule has 0 aromatic heterocycles. The number of unbranched alkanes of at least 4 members (excludes halogenated alkanes) is 1. The summed E-state index contributed by atoms with van der Waals surface area (Å²) < 4.78 is 19.9. The summed E-state index contributed by atoms with van der Waals surface area (Å²) in [5, 5.41) is 9.38. The van der Waals surface area contributed by atoms with Crippen LogP contribution in [0.3, 0.4) is 0 Å². The van der Waals surface area contributed by atoms with Gasteiger partial charge in [-0.1, -0.05) is 33.1 Å². The van der Waals surface area contributed by atoms with E-state index in [0.29, 0.717) is 12.5 Å². The molecule has 0 spiro atoms. The minimum atomic E-state index is -4.51. The van der Waals surface area contributed by atoms with Gasteiger partial charge in [0.05, 0.1) is 13.2 Å². The molecule has 0 fully saturated rings. The first-order chi connectivity index (χ1) is 8.39. The summed E-state index contributed by atoms with van der Waals surface area (Å²) in [6.45, 7) is 4.40. The first-order valence-corrected chi connectivity index (χ1v) is 7.88. The molecule has 110 valence electrons. The van der Waals surface area contributed by atoms with Gasteiger partial charge in [0.1, 0.15) is 6.10 Å². The first-order valence-electron chi connectivity index (χ1n) is 6.34. The highest BCUT2D eigenvalue weighted by molar-refractivity contribution is 7.46. The zero-order valence-corrected chi connectivity index (χ0v) is 12.0. The van der Waals surface area contributed by atoms with Crippen LogP contribution in [0.15, 0.2) is 0 Å². The van der Waals surface area contributed by atoms with Crippen molar-refractivity contribution in [1.82, 2.24) is 0 Å². The number of aliphatic hydroxyl groups excluding tert-OH is 1. The zero-order valence-electron chi connectivity index (χ0n) is 11.1. The lowest BCUT2D eigenvalue weighted by atomic mass is 10.0. The predicted molar refractivity (Wildman–Crippen MR) is 68.1 cm³/mol. The van der Waals surface area contributed by atoms with Crippen molar-refractivity contribution in [1.29, 1.82) is 0 Å². The van der Waals surface area contributed by atoms with Gasteiger partial charge in [-0.25, -0.2) is 4.57 Å². The summed E-state index contributed by atoms with van der Waals surface area (Å²) in [6, 6.07) is 0. The van der Waals surface area contributed by atoms with Gasteiger partial charge in [-0.05, 0) is 12.3 Å². The van der Waals surface area contributed by atoms with Crippen LogP contribution in [-0.4, -0.2) is 40.8 Å². The largest absolute Gasteiger partial charge is 0.469 e. The Morgan fingerprint density at radius 1 is 1.17 bits per heavy atom. The zero-order chi connectivity index (χ0) is 14.0. The minimum absolute atomic E-state index is 0.0304. The quantitative estimate of drug-likeness (QED) is 0.500. The highest BCUT2D eigenvalue weighted by atomic mass is 31.2. The molecule has 6 nitrogen and oxygen atoms in total. The van der Waals surface area contributed by atoms with Crippen LogP contribution in [0.5, 0.6) is 0 Å². The van der Waals surface area contributed by atoms with Crippen molar-refractivity contribution in [3.63, 3.8) is 0 Å². The van der Waals surface area contributed by atoms with Gasteiger partial charge in [0.2, 0.25) is 0 Å². The van der Waals surface area contributed by atoms with Crippen LogP contribution in [0.1, 0.15) is 39.5 Å². The number of ether oxygens (including phenoxy) is 1. The lowest BCUT2D eigenvalue weighted by molar-refractivity contribution is -0.00610. The first kappa shape index (κ1) is 18.0. The van der Waals surface area contributed by atoms with Crippen molar-refractivity contribution >= 4 is 7.82 Å². The second kappa shape index (κ2) is 9.89. The maximum atomic E-state index is 10.4. The molecule has 0 saturated carbocycles. The van der Waals surface area contributed by atoms with E-state index in [1.54, 1.807) is 0 Å². The smallest absolute Gasteiger partial charge is 0.388 e. The lowest BCUT2D eigenvalue weighted by Gasteiger charge is -2.17. The monoisotopic (exact) mass is 284 g/mol. The molecule has 7 heteroatoms. The number of aliphatic hydroxyl groups is 1. The third kappa shape index (κ3) is 11.1. The molecule has 0 bridgehead atoms. The van der Waals surface area contributed by atoms with Crippen LogP contribution >= 0.6 is 7.82 Å². The molecular formula is C11H25O6P. The maximum Gasteiger partial charge on any atom is 0.469 e. The number of phosphoric ester groups is 1. The Morgan fingerprint density at radius 3 is 2.33 bits per heavy atom. The van der Waals surface area contributed by atoms with Gasteiger partial charge < -0.3 is 19.6 Å². The Kier molecular flexibility index (Phi) is 9.91. The van der Waals surface area contributed by atoms with Gasteiger partial charge in [0.15, 0.2) is 0 Å². The average Bonchev–Trinajstić information content (AvgIpc) is 2.30. The van der Waals surface area contributed by atoms with E-state index >= 15 is 0 Å². The Morgan fingerprint density at radius 2 is 1.83 bits per heavy atom. The van der Waals surface area contributed by atoms with E-state index in [-0.39, 0.29) is 6.61 Å². The van der Waals surface area contributed by atoms with E-state index in [1.165, 1.54) is 0 Å². The third-order valence-electron chi connectivity index (χ3n) is 2.64. The lowest BCUT2D eigenvalue weighted by Crippen LogP contribution is -2.23. The van der Waals surface area contributed by atoms with Crippen LogP contribution in [0.4, 0.5) is 0 Å². The maximum absolute atomic E-state index is 10.4. The van der Waals surface area contributed by atoms with Gasteiger partial charge in [-0.15, -0.1) is 0 Å². The molecule has 0 amide bonds. The standard InChI is InChI=1S/C11H25O6P/c1-3-5-6-10(4-2)7-16-8-11(12)9-17-18(13,14)15/h10-12H,3-9H2,1-2H3,(H2,13,14,15). The van der Waals surface area contributed by atoms with E-state index < -0.39 is 20.5 Å². The fourth-order valence-electron chi connectivity index (χ4n) is 1.50. The van der Waals surface area contributed by atoms with E-state index in [0.717, 1.165) is 25.7 Å². The SMILES string of the molecule is CCCCC(CC)COCC(O)COP(=O)(O)O. The second-order valence-electron chi connectivity index (χ2n) is 4.39. The highest BCUT2D eigenvalue weighted by Crippen LogP contribution is 2.35. The number of hydrogen-bond acceptors (Lipinski definition) is 4. The molecule has 0 saturated heterocycles. The molecule has 18 heavy (non-hydrogen) atoms. The average molecular weight is 284 g/mol. The van der Waals surface area contributed by atoms with Crippen molar-refractivity contribution in [3.05, 3.63) is 0 Å². The fraction of sp³-hybridized carbons (Fsp3) is 1.00.